The van der Waals surface area contributed by atoms with Crippen molar-refractivity contribution in [3.05, 3.63) is 94.7 Å². The first-order valence-electron chi connectivity index (χ1n) is 12.9. The summed E-state index contributed by atoms with van der Waals surface area (Å²) in [5, 5.41) is 16.4. The summed E-state index contributed by atoms with van der Waals surface area (Å²) in [6.07, 6.45) is 7.04. The number of rotatable bonds is 9. The van der Waals surface area contributed by atoms with E-state index in [1.807, 2.05) is 15.4 Å². The van der Waals surface area contributed by atoms with Gasteiger partial charge in [0.05, 0.1) is 48.2 Å². The van der Waals surface area contributed by atoms with E-state index in [-0.39, 0.29) is 18.2 Å². The van der Waals surface area contributed by atoms with Crippen molar-refractivity contribution in [2.24, 2.45) is 0 Å². The molecule has 10 nitrogen and oxygen atoms in total. The van der Waals surface area contributed by atoms with Crippen LogP contribution in [-0.2, 0) is 19.7 Å². The molecule has 5 aromatic rings. The lowest BCUT2D eigenvalue weighted by Crippen LogP contribution is -2.35. The van der Waals surface area contributed by atoms with E-state index in [1.54, 1.807) is 42.9 Å². The molecule has 0 saturated carbocycles. The number of aromatic nitrogens is 6. The zero-order valence-corrected chi connectivity index (χ0v) is 22.2. The van der Waals surface area contributed by atoms with Gasteiger partial charge >= 0.3 is 0 Å². The summed E-state index contributed by atoms with van der Waals surface area (Å²) in [4.78, 5) is 25.9. The number of piperidine rings is 1. The molecule has 1 fully saturated rings. The van der Waals surface area contributed by atoms with Crippen LogP contribution in [0.2, 0.25) is 5.02 Å². The van der Waals surface area contributed by atoms with Gasteiger partial charge in [-0.05, 0) is 42.7 Å². The third-order valence-corrected chi connectivity index (χ3v) is 7.45. The highest BCUT2D eigenvalue weighted by Crippen LogP contribution is 2.26. The van der Waals surface area contributed by atoms with Crippen molar-refractivity contribution >= 4 is 28.6 Å². The van der Waals surface area contributed by atoms with Crippen LogP contribution in [0.5, 0.6) is 5.88 Å². The van der Waals surface area contributed by atoms with Crippen LogP contribution in [0, 0.1) is 5.82 Å². The van der Waals surface area contributed by atoms with Crippen molar-refractivity contribution in [2.45, 2.75) is 38.6 Å². The summed E-state index contributed by atoms with van der Waals surface area (Å²) in [7, 11) is 0. The van der Waals surface area contributed by atoms with Gasteiger partial charge in [0.25, 0.3) is 0 Å². The van der Waals surface area contributed by atoms with E-state index in [4.69, 9.17) is 21.3 Å². The molecular weight excluding hydrogens is 537 g/mol. The molecule has 0 aliphatic carbocycles. The fourth-order valence-corrected chi connectivity index (χ4v) is 5.23. The van der Waals surface area contributed by atoms with E-state index in [1.165, 1.54) is 12.1 Å². The lowest BCUT2D eigenvalue weighted by molar-refractivity contribution is -0.255. The number of carboxylic acids is 1. The highest BCUT2D eigenvalue weighted by atomic mass is 35.5. The Hall–Kier alpha value is -4.22. The number of likely N-dealkylation sites (tertiary alicyclic amines) is 1. The number of halogens is 2. The summed E-state index contributed by atoms with van der Waals surface area (Å²) in [6, 6.07) is 11.4. The molecule has 4 heterocycles. The van der Waals surface area contributed by atoms with Crippen molar-refractivity contribution in [1.29, 1.82) is 0 Å². The Morgan fingerprint density at radius 2 is 2.00 bits per heavy atom. The van der Waals surface area contributed by atoms with Gasteiger partial charge in [0.1, 0.15) is 18.2 Å². The van der Waals surface area contributed by atoms with Gasteiger partial charge in [-0.25, -0.2) is 14.4 Å². The molecular formula is C28H26ClFN7O3-. The average Bonchev–Trinajstić information content (AvgIpc) is 3.70. The highest BCUT2D eigenvalue weighted by molar-refractivity contribution is 6.30. The van der Waals surface area contributed by atoms with Gasteiger partial charge in [-0.3, -0.25) is 9.58 Å². The van der Waals surface area contributed by atoms with Gasteiger partial charge in [0, 0.05) is 42.1 Å². The minimum absolute atomic E-state index is 0.0719. The van der Waals surface area contributed by atoms with E-state index < -0.39 is 11.8 Å². The van der Waals surface area contributed by atoms with Gasteiger partial charge in [-0.1, -0.05) is 23.7 Å². The number of aromatic carboxylic acids is 1. The van der Waals surface area contributed by atoms with Crippen molar-refractivity contribution in [3.8, 4) is 5.88 Å². The summed E-state index contributed by atoms with van der Waals surface area (Å²) < 4.78 is 23.7. The normalized spacial score (nSPS) is 14.7. The molecule has 1 N–H and O–H groups in total. The SMILES string of the molecule is O=C([O-])c1ccc2nc(CN3CCC(n4ccc(OCc5ccc(Cl)cc5F)n4)CC3)n(Cc3cnc[nH]3)c2c1. The van der Waals surface area contributed by atoms with Crippen LogP contribution in [0.3, 0.4) is 0 Å². The molecule has 6 rings (SSSR count). The smallest absolute Gasteiger partial charge is 0.233 e. The fourth-order valence-electron chi connectivity index (χ4n) is 5.07. The number of nitrogens with one attached hydrogen (secondary N) is 1. The maximum Gasteiger partial charge on any atom is 0.233 e. The standard InChI is InChI=1S/C28H27ClFN7O3/c29-20-3-1-19(23(30)12-20)16-40-27-7-10-37(34-27)22-5-8-35(9-6-22)15-26-33-24-4-2-18(28(38)39)11-25(24)36(26)14-21-13-31-17-32-21/h1-4,7,10-13,17,22H,5-6,8-9,14-16H2,(H,31,32)(H,38,39)/p-1. The Balaban J connectivity index is 1.11. The van der Waals surface area contributed by atoms with E-state index in [0.29, 0.717) is 29.6 Å². The van der Waals surface area contributed by atoms with Crippen LogP contribution >= 0.6 is 11.6 Å². The average molecular weight is 563 g/mol. The monoisotopic (exact) mass is 562 g/mol. The molecule has 0 spiro atoms. The number of H-pyrrole nitrogens is 1. The molecule has 12 heteroatoms. The third kappa shape index (κ3) is 5.56. The Labute approximate surface area is 234 Å². The highest BCUT2D eigenvalue weighted by Gasteiger charge is 2.24. The molecule has 40 heavy (non-hydrogen) atoms. The van der Waals surface area contributed by atoms with Crippen molar-refractivity contribution in [2.75, 3.05) is 13.1 Å². The number of hydrogen-bond donors (Lipinski definition) is 1. The zero-order valence-electron chi connectivity index (χ0n) is 21.5. The first kappa shape index (κ1) is 26.0. The third-order valence-electron chi connectivity index (χ3n) is 7.22. The first-order chi connectivity index (χ1) is 19.4. The minimum Gasteiger partial charge on any atom is -0.545 e. The maximum absolute atomic E-state index is 14.0. The second-order valence-corrected chi connectivity index (χ2v) is 10.3. The lowest BCUT2D eigenvalue weighted by atomic mass is 10.1. The largest absolute Gasteiger partial charge is 0.545 e. The number of nitrogens with zero attached hydrogens (tertiary/aromatic N) is 6. The topological polar surface area (TPSA) is 117 Å². The van der Waals surface area contributed by atoms with E-state index in [0.717, 1.165) is 48.5 Å². The Morgan fingerprint density at radius 3 is 2.75 bits per heavy atom. The van der Waals surface area contributed by atoms with E-state index >= 15 is 0 Å². The first-order valence-corrected chi connectivity index (χ1v) is 13.3. The molecule has 2 aromatic carbocycles. The Kier molecular flexibility index (Phi) is 7.23. The number of ether oxygens (including phenoxy) is 1. The van der Waals surface area contributed by atoms with Crippen molar-refractivity contribution < 1.29 is 19.0 Å². The Morgan fingerprint density at radius 1 is 1.15 bits per heavy atom. The summed E-state index contributed by atoms with van der Waals surface area (Å²) >= 11 is 5.82. The molecule has 0 unspecified atom stereocenters. The number of hydrogen-bond acceptors (Lipinski definition) is 7. The van der Waals surface area contributed by atoms with E-state index in [2.05, 4.69) is 20.0 Å². The summed E-state index contributed by atoms with van der Waals surface area (Å²) in [5.41, 5.74) is 2.91. The Bertz CT molecular complexity index is 1640. The van der Waals surface area contributed by atoms with Crippen LogP contribution in [0.15, 0.2) is 61.2 Å². The van der Waals surface area contributed by atoms with Crippen LogP contribution in [0.1, 0.15) is 46.3 Å². The second kappa shape index (κ2) is 11.1. The summed E-state index contributed by atoms with van der Waals surface area (Å²) in [6.45, 7) is 2.87. The maximum atomic E-state index is 14.0. The summed E-state index contributed by atoms with van der Waals surface area (Å²) in [5.74, 6) is -0.330. The van der Waals surface area contributed by atoms with Crippen LogP contribution in [0.25, 0.3) is 11.0 Å². The molecule has 1 aliphatic rings. The van der Waals surface area contributed by atoms with Crippen molar-refractivity contribution in [1.82, 2.24) is 34.2 Å². The predicted octanol–water partition coefficient (Wildman–Crippen LogP) is 3.58. The van der Waals surface area contributed by atoms with E-state index in [9.17, 15) is 14.3 Å². The van der Waals surface area contributed by atoms with Crippen LogP contribution in [0.4, 0.5) is 4.39 Å². The van der Waals surface area contributed by atoms with Crippen molar-refractivity contribution in [3.63, 3.8) is 0 Å². The molecule has 1 saturated heterocycles. The quantitative estimate of drug-likeness (QED) is 0.292. The number of carbonyl (C=O) groups is 1. The molecule has 0 amide bonds. The fraction of sp³-hybridized carbons (Fsp3) is 0.286. The zero-order chi connectivity index (χ0) is 27.6. The molecule has 206 valence electrons. The molecule has 3 aromatic heterocycles. The predicted molar refractivity (Wildman–Crippen MR) is 143 cm³/mol. The van der Waals surface area contributed by atoms with Gasteiger partial charge in [-0.2, -0.15) is 0 Å². The molecule has 0 atom stereocenters. The number of aromatic amines is 1. The van der Waals surface area contributed by atoms with Gasteiger partial charge in [0.2, 0.25) is 5.88 Å². The molecule has 0 radical (unpaired) electrons. The minimum atomic E-state index is -1.22. The van der Waals surface area contributed by atoms with Crippen LogP contribution < -0.4 is 9.84 Å². The molecule has 0 bridgehead atoms. The lowest BCUT2D eigenvalue weighted by Gasteiger charge is -2.31. The van der Waals surface area contributed by atoms with Gasteiger partial charge < -0.3 is 24.2 Å². The number of fused-ring (bicyclic) bond motifs is 1. The number of imidazole rings is 2. The number of carbonyl (C=O) groups excluding carboxylic acids is 1. The van der Waals surface area contributed by atoms with Crippen LogP contribution in [-0.4, -0.2) is 53.3 Å². The van der Waals surface area contributed by atoms with Gasteiger partial charge in [-0.15, -0.1) is 5.10 Å². The number of benzene rings is 2. The molecule has 1 aliphatic heterocycles. The number of carboxylic acid groups (broad SMARTS) is 1. The van der Waals surface area contributed by atoms with Gasteiger partial charge in [0.15, 0.2) is 0 Å². The second-order valence-electron chi connectivity index (χ2n) is 9.85.